The van der Waals surface area contributed by atoms with Crippen molar-refractivity contribution >= 4 is 45.1 Å². The van der Waals surface area contributed by atoms with Crippen molar-refractivity contribution < 1.29 is 4.74 Å². The van der Waals surface area contributed by atoms with Crippen molar-refractivity contribution in [3.05, 3.63) is 68.2 Å². The van der Waals surface area contributed by atoms with Gasteiger partial charge in [0.1, 0.15) is 11.6 Å². The van der Waals surface area contributed by atoms with Crippen molar-refractivity contribution in [3.63, 3.8) is 0 Å². The molecule has 3 atom stereocenters. The van der Waals surface area contributed by atoms with Crippen molar-refractivity contribution in [2.45, 2.75) is 73.1 Å². The molecule has 3 aromatic heterocycles. The number of nitrogens with zero attached hydrogens (tertiary/aromatic N) is 5. The van der Waals surface area contributed by atoms with Crippen LogP contribution in [0.25, 0.3) is 16.9 Å². The fourth-order valence-corrected chi connectivity index (χ4v) is 5.90. The molecule has 200 valence electrons. The number of ether oxygens (including phenoxy) is 1. The quantitative estimate of drug-likeness (QED) is 0.237. The number of fused-ring (bicyclic) bond motifs is 1. The fraction of sp³-hybridized carbons (Fsp3) is 0.433. The van der Waals surface area contributed by atoms with Crippen LogP contribution in [0.15, 0.2) is 36.4 Å². The number of hydrogen-bond donors (Lipinski definition) is 1. The lowest BCUT2D eigenvalue weighted by Gasteiger charge is -2.38. The standard InChI is InChI=1S/C30H37IN6O/c1-8-25(33-28-26(31)22(7)32-30(35-28)37-18(3)12-13-19(37)4)24-14-23-11-9-10-17(2)27(23)34-29(24)36-15-20(5)38-21(6)16-36/h9-14,20-21,25H,8,15-16H2,1-7H3,(H,32,33,35)/t20-,21+,25?. The number of hydrogen-bond acceptors (Lipinski definition) is 6. The van der Waals surface area contributed by atoms with Crippen LogP contribution in [0, 0.1) is 31.3 Å². The summed E-state index contributed by atoms with van der Waals surface area (Å²) in [5, 5.41) is 4.97. The first-order valence-corrected chi connectivity index (χ1v) is 14.5. The van der Waals surface area contributed by atoms with E-state index >= 15 is 0 Å². The van der Waals surface area contributed by atoms with E-state index in [9.17, 15) is 0 Å². The third-order valence-electron chi connectivity index (χ3n) is 7.35. The third kappa shape index (κ3) is 5.12. The zero-order valence-electron chi connectivity index (χ0n) is 23.3. The van der Waals surface area contributed by atoms with Crippen LogP contribution < -0.4 is 10.2 Å². The third-order valence-corrected chi connectivity index (χ3v) is 8.64. The average Bonchev–Trinajstić information content (AvgIpc) is 3.21. The zero-order valence-corrected chi connectivity index (χ0v) is 25.5. The summed E-state index contributed by atoms with van der Waals surface area (Å²) < 4.78 is 9.21. The van der Waals surface area contributed by atoms with Gasteiger partial charge in [-0.15, -0.1) is 0 Å². The number of morpholine rings is 1. The number of pyridine rings is 1. The summed E-state index contributed by atoms with van der Waals surface area (Å²) in [5.74, 6) is 2.58. The van der Waals surface area contributed by atoms with Gasteiger partial charge in [0.25, 0.3) is 0 Å². The topological polar surface area (TPSA) is 68.1 Å². The van der Waals surface area contributed by atoms with Crippen LogP contribution >= 0.6 is 22.6 Å². The largest absolute Gasteiger partial charge is 0.372 e. The van der Waals surface area contributed by atoms with Gasteiger partial charge >= 0.3 is 0 Å². The number of halogens is 1. The van der Waals surface area contributed by atoms with E-state index < -0.39 is 0 Å². The van der Waals surface area contributed by atoms with Crippen LogP contribution in [0.4, 0.5) is 11.6 Å². The molecule has 1 unspecified atom stereocenters. The van der Waals surface area contributed by atoms with Crippen LogP contribution in [0.2, 0.25) is 0 Å². The van der Waals surface area contributed by atoms with Crippen molar-refractivity contribution in [2.24, 2.45) is 0 Å². The lowest BCUT2D eigenvalue weighted by Crippen LogP contribution is -2.46. The van der Waals surface area contributed by atoms with Crippen LogP contribution in [-0.4, -0.2) is 44.8 Å². The second-order valence-corrected chi connectivity index (χ2v) is 11.6. The van der Waals surface area contributed by atoms with E-state index in [1.54, 1.807) is 0 Å². The molecule has 0 saturated carbocycles. The van der Waals surface area contributed by atoms with E-state index in [4.69, 9.17) is 19.7 Å². The van der Waals surface area contributed by atoms with Crippen molar-refractivity contribution in [1.82, 2.24) is 19.5 Å². The Morgan fingerprint density at radius 2 is 1.68 bits per heavy atom. The van der Waals surface area contributed by atoms with Gasteiger partial charge in [0.05, 0.1) is 33.0 Å². The first kappa shape index (κ1) is 26.9. The fourth-order valence-electron chi connectivity index (χ4n) is 5.50. The number of rotatable bonds is 6. The van der Waals surface area contributed by atoms with E-state index in [1.165, 1.54) is 11.1 Å². The molecule has 4 heterocycles. The predicted octanol–water partition coefficient (Wildman–Crippen LogP) is 6.83. The maximum absolute atomic E-state index is 6.06. The van der Waals surface area contributed by atoms with Crippen molar-refractivity contribution in [2.75, 3.05) is 23.3 Å². The molecule has 1 fully saturated rings. The molecule has 7 nitrogen and oxygen atoms in total. The monoisotopic (exact) mass is 624 g/mol. The Balaban J connectivity index is 1.61. The van der Waals surface area contributed by atoms with Gasteiger partial charge in [-0.1, -0.05) is 25.1 Å². The van der Waals surface area contributed by atoms with E-state index in [-0.39, 0.29) is 18.2 Å². The van der Waals surface area contributed by atoms with Crippen molar-refractivity contribution in [3.8, 4) is 5.95 Å². The molecule has 0 radical (unpaired) electrons. The second-order valence-electron chi connectivity index (χ2n) is 10.5. The number of aromatic nitrogens is 4. The molecule has 1 saturated heterocycles. The molecule has 0 aliphatic carbocycles. The van der Waals surface area contributed by atoms with Gasteiger partial charge in [-0.25, -0.2) is 9.97 Å². The predicted molar refractivity (Wildman–Crippen MR) is 164 cm³/mol. The summed E-state index contributed by atoms with van der Waals surface area (Å²) in [6.07, 6.45) is 1.18. The smallest absolute Gasteiger partial charge is 0.236 e. The Morgan fingerprint density at radius 1 is 1.00 bits per heavy atom. The summed E-state index contributed by atoms with van der Waals surface area (Å²) >= 11 is 2.36. The maximum atomic E-state index is 6.06. The van der Waals surface area contributed by atoms with Crippen LogP contribution in [0.3, 0.4) is 0 Å². The summed E-state index contributed by atoms with van der Waals surface area (Å²) in [6, 6.07) is 13.0. The molecule has 1 aromatic carbocycles. The van der Waals surface area contributed by atoms with Crippen LogP contribution in [0.5, 0.6) is 0 Å². The summed E-state index contributed by atoms with van der Waals surface area (Å²) in [4.78, 5) is 17.6. The molecule has 0 bridgehead atoms. The van der Waals surface area contributed by atoms with E-state index in [2.05, 4.69) is 122 Å². The lowest BCUT2D eigenvalue weighted by molar-refractivity contribution is -0.00550. The van der Waals surface area contributed by atoms with Gasteiger partial charge in [0.15, 0.2) is 0 Å². The van der Waals surface area contributed by atoms with Crippen LogP contribution in [0.1, 0.15) is 61.4 Å². The highest BCUT2D eigenvalue weighted by molar-refractivity contribution is 14.1. The highest BCUT2D eigenvalue weighted by Crippen LogP contribution is 2.35. The minimum absolute atomic E-state index is 0.0263. The molecule has 1 aliphatic heterocycles. The molecule has 1 aliphatic rings. The lowest BCUT2D eigenvalue weighted by atomic mass is 10.00. The molecule has 4 aromatic rings. The first-order valence-electron chi connectivity index (χ1n) is 13.4. The van der Waals surface area contributed by atoms with Gasteiger partial charge in [0.2, 0.25) is 5.95 Å². The van der Waals surface area contributed by atoms with E-state index in [0.29, 0.717) is 5.95 Å². The molecule has 8 heteroatoms. The molecule has 5 rings (SSSR count). The Bertz CT molecular complexity index is 1450. The highest BCUT2D eigenvalue weighted by atomic mass is 127. The van der Waals surface area contributed by atoms with Crippen LogP contribution in [-0.2, 0) is 4.74 Å². The maximum Gasteiger partial charge on any atom is 0.236 e. The molecular weight excluding hydrogens is 587 g/mol. The Kier molecular flexibility index (Phi) is 7.64. The molecule has 0 spiro atoms. The Labute approximate surface area is 239 Å². The van der Waals surface area contributed by atoms with Gasteiger partial charge in [0, 0.05) is 35.4 Å². The summed E-state index contributed by atoms with van der Waals surface area (Å²) in [7, 11) is 0. The first-order chi connectivity index (χ1) is 18.2. The van der Waals surface area contributed by atoms with E-state index in [1.807, 2.05) is 0 Å². The number of nitrogens with one attached hydrogen (secondary N) is 1. The normalized spacial score (nSPS) is 18.7. The average molecular weight is 625 g/mol. The zero-order chi connectivity index (χ0) is 27.1. The Hall–Kier alpha value is -2.72. The number of aryl methyl sites for hydroxylation is 4. The van der Waals surface area contributed by atoms with Gasteiger partial charge < -0.3 is 15.0 Å². The minimum atomic E-state index is 0.0263. The second kappa shape index (κ2) is 10.8. The highest BCUT2D eigenvalue weighted by Gasteiger charge is 2.28. The van der Waals surface area contributed by atoms with Gasteiger partial charge in [-0.2, -0.15) is 4.98 Å². The number of benzene rings is 1. The molecule has 1 N–H and O–H groups in total. The SMILES string of the molecule is CCC(Nc1nc(-n2c(C)ccc2C)nc(C)c1I)c1cc2cccc(C)c2nc1N1C[C@@H](C)O[C@@H](C)C1. The van der Waals surface area contributed by atoms with Gasteiger partial charge in [-0.3, -0.25) is 4.57 Å². The summed E-state index contributed by atoms with van der Waals surface area (Å²) in [5.41, 5.74) is 6.63. The van der Waals surface area contributed by atoms with Crippen molar-refractivity contribution in [1.29, 1.82) is 0 Å². The molecule has 38 heavy (non-hydrogen) atoms. The van der Waals surface area contributed by atoms with E-state index in [0.717, 1.165) is 62.7 Å². The molecule has 0 amide bonds. The number of anilines is 2. The molecular formula is C30H37IN6O. The minimum Gasteiger partial charge on any atom is -0.372 e. The number of para-hydroxylation sites is 1. The Morgan fingerprint density at radius 3 is 2.34 bits per heavy atom. The summed E-state index contributed by atoms with van der Waals surface area (Å²) in [6.45, 7) is 16.5. The van der Waals surface area contributed by atoms with Gasteiger partial charge in [-0.05, 0) is 94.3 Å².